The van der Waals surface area contributed by atoms with Crippen LogP contribution in [-0.2, 0) is 25.4 Å². The number of aliphatic hydroxyl groups is 4. The van der Waals surface area contributed by atoms with Crippen LogP contribution in [0.4, 0.5) is 17.1 Å². The van der Waals surface area contributed by atoms with Crippen molar-refractivity contribution in [3.63, 3.8) is 0 Å². The van der Waals surface area contributed by atoms with Gasteiger partial charge in [-0.1, -0.05) is 0 Å². The highest BCUT2D eigenvalue weighted by molar-refractivity contribution is 5.92. The van der Waals surface area contributed by atoms with E-state index in [1.54, 1.807) is 12.1 Å². The van der Waals surface area contributed by atoms with Crippen molar-refractivity contribution in [2.75, 3.05) is 56.3 Å². The molecule has 2 heterocycles. The van der Waals surface area contributed by atoms with E-state index < -0.39 is 37.3 Å². The summed E-state index contributed by atoms with van der Waals surface area (Å²) >= 11 is 0. The minimum Gasteiger partial charge on any atom is -0.462 e. The number of carbonyl (C=O) groups excluding carboxylic acids is 1. The van der Waals surface area contributed by atoms with Crippen molar-refractivity contribution in [2.24, 2.45) is 5.73 Å². The Morgan fingerprint density at radius 2 is 1.79 bits per heavy atom. The van der Waals surface area contributed by atoms with Crippen LogP contribution >= 0.6 is 0 Å². The molecule has 0 radical (unpaired) electrons. The standard InChI is InChI=1S/C26H35N3O9/c27-8-10-35-11-12-36-15-22(31)28-17-1-6-20-16(13-17)7-9-29(20)18-2-4-19(5-3-18)37-26-25(34)24(33)23(32)21(14-30)38-26/h1-6,13,21,23-26,30,32-34H,7-12,14-15,27H2,(H,28,31)/t21-,23-,24+,25+,26+/m1/s1. The first-order valence-electron chi connectivity index (χ1n) is 12.5. The first-order chi connectivity index (χ1) is 18.4. The molecule has 7 N–H and O–H groups in total. The third kappa shape index (κ3) is 6.79. The van der Waals surface area contributed by atoms with Crippen molar-refractivity contribution < 1.29 is 44.2 Å². The number of rotatable bonds is 12. The second-order valence-corrected chi connectivity index (χ2v) is 9.06. The number of ether oxygens (including phenoxy) is 4. The van der Waals surface area contributed by atoms with Crippen LogP contribution in [0, 0.1) is 0 Å². The van der Waals surface area contributed by atoms with Gasteiger partial charge in [0.2, 0.25) is 12.2 Å². The largest absolute Gasteiger partial charge is 0.462 e. The number of fused-ring (bicyclic) bond motifs is 1. The van der Waals surface area contributed by atoms with Crippen molar-refractivity contribution in [3.8, 4) is 5.75 Å². The molecule has 2 aliphatic rings. The first-order valence-corrected chi connectivity index (χ1v) is 12.5. The smallest absolute Gasteiger partial charge is 0.250 e. The zero-order valence-electron chi connectivity index (χ0n) is 20.9. The molecule has 0 bridgehead atoms. The highest BCUT2D eigenvalue weighted by Gasteiger charge is 2.44. The lowest BCUT2D eigenvalue weighted by Gasteiger charge is -2.39. The molecule has 38 heavy (non-hydrogen) atoms. The van der Waals surface area contributed by atoms with Gasteiger partial charge in [-0.3, -0.25) is 4.79 Å². The fourth-order valence-electron chi connectivity index (χ4n) is 4.42. The average molecular weight is 534 g/mol. The van der Waals surface area contributed by atoms with Gasteiger partial charge in [0.1, 0.15) is 36.8 Å². The lowest BCUT2D eigenvalue weighted by atomic mass is 9.99. The molecule has 1 fully saturated rings. The molecule has 5 atom stereocenters. The van der Waals surface area contributed by atoms with Crippen molar-refractivity contribution in [1.29, 1.82) is 0 Å². The summed E-state index contributed by atoms with van der Waals surface area (Å²) in [7, 11) is 0. The summed E-state index contributed by atoms with van der Waals surface area (Å²) < 4.78 is 21.6. The van der Waals surface area contributed by atoms with Gasteiger partial charge in [-0.05, 0) is 54.4 Å². The number of carbonyl (C=O) groups is 1. The van der Waals surface area contributed by atoms with E-state index in [0.29, 0.717) is 37.8 Å². The van der Waals surface area contributed by atoms with E-state index in [-0.39, 0.29) is 12.5 Å². The minimum absolute atomic E-state index is 0.0628. The molecule has 0 aliphatic carbocycles. The highest BCUT2D eigenvalue weighted by Crippen LogP contribution is 2.37. The summed E-state index contributed by atoms with van der Waals surface area (Å²) in [4.78, 5) is 14.3. The Bertz CT molecular complexity index is 1050. The van der Waals surface area contributed by atoms with Gasteiger partial charge in [-0.2, -0.15) is 0 Å². The molecule has 2 aromatic carbocycles. The summed E-state index contributed by atoms with van der Waals surface area (Å²) in [5, 5.41) is 42.2. The number of nitrogens with two attached hydrogens (primary N) is 1. The summed E-state index contributed by atoms with van der Waals surface area (Å²) in [6, 6.07) is 12.9. The molecule has 1 amide bonds. The lowest BCUT2D eigenvalue weighted by Crippen LogP contribution is -2.60. The number of hydrogen-bond acceptors (Lipinski definition) is 11. The molecule has 1 saturated heterocycles. The van der Waals surface area contributed by atoms with Gasteiger partial charge in [0, 0.05) is 30.2 Å². The normalized spacial score (nSPS) is 24.8. The van der Waals surface area contributed by atoms with Gasteiger partial charge in [-0.15, -0.1) is 0 Å². The van der Waals surface area contributed by atoms with E-state index in [2.05, 4.69) is 10.2 Å². The highest BCUT2D eigenvalue weighted by atomic mass is 16.7. The Kier molecular flexibility index (Phi) is 9.88. The van der Waals surface area contributed by atoms with Crippen LogP contribution in [0.3, 0.4) is 0 Å². The van der Waals surface area contributed by atoms with Crippen LogP contribution in [0.2, 0.25) is 0 Å². The predicted molar refractivity (Wildman–Crippen MR) is 137 cm³/mol. The predicted octanol–water partition coefficient (Wildman–Crippen LogP) is -0.510. The van der Waals surface area contributed by atoms with Crippen LogP contribution in [0.5, 0.6) is 5.75 Å². The van der Waals surface area contributed by atoms with E-state index >= 15 is 0 Å². The summed E-state index contributed by atoms with van der Waals surface area (Å²) in [5.74, 6) is 0.150. The molecule has 12 nitrogen and oxygen atoms in total. The van der Waals surface area contributed by atoms with Gasteiger partial charge >= 0.3 is 0 Å². The van der Waals surface area contributed by atoms with E-state index in [0.717, 1.165) is 29.9 Å². The monoisotopic (exact) mass is 533 g/mol. The Morgan fingerprint density at radius 3 is 2.53 bits per heavy atom. The molecular weight excluding hydrogens is 498 g/mol. The van der Waals surface area contributed by atoms with Crippen LogP contribution < -0.4 is 20.7 Å². The molecule has 0 unspecified atom stereocenters. The number of aliphatic hydroxyl groups excluding tert-OH is 4. The fraction of sp³-hybridized carbons (Fsp3) is 0.500. The second kappa shape index (κ2) is 13.3. The van der Waals surface area contributed by atoms with Crippen molar-refractivity contribution in [1.82, 2.24) is 0 Å². The zero-order valence-corrected chi connectivity index (χ0v) is 20.9. The van der Waals surface area contributed by atoms with Crippen LogP contribution in [0.1, 0.15) is 5.56 Å². The third-order valence-electron chi connectivity index (χ3n) is 6.38. The van der Waals surface area contributed by atoms with Crippen molar-refractivity contribution >= 4 is 23.0 Å². The quantitative estimate of drug-likeness (QED) is 0.194. The number of anilines is 3. The lowest BCUT2D eigenvalue weighted by molar-refractivity contribution is -0.277. The summed E-state index contributed by atoms with van der Waals surface area (Å²) in [6.45, 7) is 1.78. The van der Waals surface area contributed by atoms with E-state index in [1.165, 1.54) is 0 Å². The maximum Gasteiger partial charge on any atom is 0.250 e. The Hall–Kier alpha value is -2.81. The average Bonchev–Trinajstić information content (AvgIpc) is 3.34. The molecule has 208 valence electrons. The maximum atomic E-state index is 12.2. The number of amides is 1. The number of hydrogen-bond donors (Lipinski definition) is 6. The number of nitrogens with one attached hydrogen (secondary N) is 1. The minimum atomic E-state index is -1.51. The van der Waals surface area contributed by atoms with E-state index in [9.17, 15) is 25.2 Å². The van der Waals surface area contributed by atoms with Gasteiger partial charge in [-0.25, -0.2) is 0 Å². The Morgan fingerprint density at radius 1 is 1.03 bits per heavy atom. The first kappa shape index (κ1) is 28.2. The van der Waals surface area contributed by atoms with E-state index in [4.69, 9.17) is 24.7 Å². The SMILES string of the molecule is NCCOCCOCC(=O)Nc1ccc2c(c1)CCN2c1ccc(O[C@H]2O[C@H](CO)[C@@H](O)[C@H](O)[C@@H]2O)cc1. The molecule has 0 aromatic heterocycles. The van der Waals surface area contributed by atoms with Gasteiger partial charge < -0.3 is 55.3 Å². The molecule has 2 aliphatic heterocycles. The molecule has 2 aromatic rings. The molecule has 12 heteroatoms. The topological polar surface area (TPSA) is 176 Å². The van der Waals surface area contributed by atoms with E-state index in [1.807, 2.05) is 30.3 Å². The van der Waals surface area contributed by atoms with Crippen molar-refractivity contribution in [3.05, 3.63) is 48.0 Å². The molecule has 0 saturated carbocycles. The summed E-state index contributed by atoms with van der Waals surface area (Å²) in [6.07, 6.45) is -5.91. The molecular formula is C26H35N3O9. The summed E-state index contributed by atoms with van der Waals surface area (Å²) in [5.41, 5.74) is 9.09. The maximum absolute atomic E-state index is 12.2. The third-order valence-corrected chi connectivity index (χ3v) is 6.38. The van der Waals surface area contributed by atoms with Crippen molar-refractivity contribution in [2.45, 2.75) is 37.1 Å². The van der Waals surface area contributed by atoms with Crippen LogP contribution in [-0.4, -0.2) is 103 Å². The van der Waals surface area contributed by atoms with Gasteiger partial charge in [0.15, 0.2) is 0 Å². The number of nitrogens with zero attached hydrogens (tertiary/aromatic N) is 1. The molecule has 4 rings (SSSR count). The fourth-order valence-corrected chi connectivity index (χ4v) is 4.42. The zero-order chi connectivity index (χ0) is 27.1. The van der Waals surface area contributed by atoms with Crippen LogP contribution in [0.15, 0.2) is 42.5 Å². The second-order valence-electron chi connectivity index (χ2n) is 9.06. The Labute approximate surface area is 220 Å². The van der Waals surface area contributed by atoms with Gasteiger partial charge in [0.25, 0.3) is 0 Å². The molecule has 0 spiro atoms. The van der Waals surface area contributed by atoms with Crippen LogP contribution in [0.25, 0.3) is 0 Å². The Balaban J connectivity index is 1.31. The number of benzene rings is 2. The van der Waals surface area contributed by atoms with Gasteiger partial charge in [0.05, 0.1) is 26.4 Å².